The van der Waals surface area contributed by atoms with Gasteiger partial charge in [0.05, 0.1) is 23.2 Å². The van der Waals surface area contributed by atoms with Crippen molar-refractivity contribution >= 4 is 28.2 Å². The lowest BCUT2D eigenvalue weighted by molar-refractivity contribution is -0.119. The summed E-state index contributed by atoms with van der Waals surface area (Å²) in [5.41, 5.74) is 3.14. The van der Waals surface area contributed by atoms with Gasteiger partial charge in [0.1, 0.15) is 0 Å². The van der Waals surface area contributed by atoms with Gasteiger partial charge in [-0.3, -0.25) is 14.5 Å². The van der Waals surface area contributed by atoms with Gasteiger partial charge in [-0.25, -0.2) is 4.98 Å². The highest BCUT2D eigenvalue weighted by Gasteiger charge is 2.27. The van der Waals surface area contributed by atoms with Crippen LogP contribution in [-0.4, -0.2) is 35.9 Å². The molecule has 5 nitrogen and oxygen atoms in total. The van der Waals surface area contributed by atoms with E-state index in [2.05, 4.69) is 43.1 Å². The molecule has 29 heavy (non-hydrogen) atoms. The van der Waals surface area contributed by atoms with E-state index in [1.165, 1.54) is 23.8 Å². The Bertz CT molecular complexity index is 852. The number of Topliss-reactive ketones (excluding diaryl/α,β-unsaturated/α-hetero) is 1. The molecule has 0 radical (unpaired) electrons. The number of hydrogen-bond donors (Lipinski definition) is 0. The summed E-state index contributed by atoms with van der Waals surface area (Å²) in [5.74, 6) is 0.509. The van der Waals surface area contributed by atoms with E-state index in [0.717, 1.165) is 25.0 Å². The first kappa shape index (κ1) is 21.7. The highest BCUT2D eigenvalue weighted by Crippen LogP contribution is 2.29. The lowest BCUT2D eigenvalue weighted by Crippen LogP contribution is -2.37. The second-order valence-electron chi connectivity index (χ2n) is 8.00. The zero-order chi connectivity index (χ0) is 21.0. The van der Waals surface area contributed by atoms with Gasteiger partial charge in [-0.15, -0.1) is 0 Å². The Balaban J connectivity index is 1.73. The second-order valence-corrected chi connectivity index (χ2v) is 8.98. The quantitative estimate of drug-likeness (QED) is 0.575. The number of ketones is 1. The van der Waals surface area contributed by atoms with Crippen LogP contribution in [0.15, 0.2) is 24.3 Å². The smallest absolute Gasteiger partial charge is 0.229 e. The summed E-state index contributed by atoms with van der Waals surface area (Å²) in [5, 5.41) is 0.600. The van der Waals surface area contributed by atoms with Crippen LogP contribution in [0.25, 0.3) is 0 Å². The van der Waals surface area contributed by atoms with Gasteiger partial charge in [-0.05, 0) is 43.2 Å². The zero-order valence-corrected chi connectivity index (χ0v) is 18.6. The van der Waals surface area contributed by atoms with Crippen LogP contribution in [0.4, 0.5) is 5.13 Å². The molecule has 1 amide bonds. The maximum Gasteiger partial charge on any atom is 0.229 e. The van der Waals surface area contributed by atoms with Crippen LogP contribution in [0.5, 0.6) is 0 Å². The summed E-state index contributed by atoms with van der Waals surface area (Å²) >= 11 is 1.30. The zero-order valence-electron chi connectivity index (χ0n) is 17.7. The van der Waals surface area contributed by atoms with Crippen molar-refractivity contribution in [2.45, 2.75) is 65.4 Å². The fraction of sp³-hybridized carbons (Fsp3) is 0.522. The molecule has 1 aromatic heterocycles. The maximum absolute atomic E-state index is 13.1. The molecule has 1 saturated heterocycles. The third-order valence-electron chi connectivity index (χ3n) is 5.32. The normalized spacial score (nSPS) is 16.4. The fourth-order valence-electron chi connectivity index (χ4n) is 3.56. The summed E-state index contributed by atoms with van der Waals surface area (Å²) in [6, 6.07) is 8.48. The molecular weight excluding hydrogens is 384 g/mol. The van der Waals surface area contributed by atoms with E-state index in [4.69, 9.17) is 4.74 Å². The van der Waals surface area contributed by atoms with E-state index >= 15 is 0 Å². The van der Waals surface area contributed by atoms with E-state index in [1.54, 1.807) is 4.90 Å². The number of ether oxygens (including phenoxy) is 1. The molecule has 0 spiro atoms. The van der Waals surface area contributed by atoms with Crippen molar-refractivity contribution in [3.05, 3.63) is 46.0 Å². The number of aromatic nitrogens is 1. The van der Waals surface area contributed by atoms with E-state index in [1.807, 2.05) is 6.92 Å². The van der Waals surface area contributed by atoms with Gasteiger partial charge in [0.15, 0.2) is 10.9 Å². The lowest BCUT2D eigenvalue weighted by atomic mass is 10.0. The Labute approximate surface area is 177 Å². The topological polar surface area (TPSA) is 59.5 Å². The summed E-state index contributed by atoms with van der Waals surface area (Å²) in [6.45, 7) is 8.94. The van der Waals surface area contributed by atoms with Crippen molar-refractivity contribution in [1.82, 2.24) is 4.98 Å². The number of amides is 1. The van der Waals surface area contributed by atoms with Crippen LogP contribution in [0, 0.1) is 6.92 Å². The van der Waals surface area contributed by atoms with E-state index in [-0.39, 0.29) is 17.8 Å². The number of aryl methyl sites for hydroxylation is 2. The minimum Gasteiger partial charge on any atom is -0.376 e. The molecule has 2 aromatic rings. The molecule has 0 unspecified atom stereocenters. The van der Waals surface area contributed by atoms with Crippen LogP contribution in [-0.2, 0) is 16.0 Å². The third kappa shape index (κ3) is 5.52. The van der Waals surface area contributed by atoms with Crippen molar-refractivity contribution < 1.29 is 14.3 Å². The Morgan fingerprint density at radius 1 is 1.28 bits per heavy atom. The molecule has 1 aliphatic rings. The standard InChI is InChI=1S/C23H30N2O3S/c1-15(2)19-10-7-18(8-11-19)9-12-21(27)25(14-20-6-5-13-28-20)23-24-16(3)22(29-23)17(4)26/h7-8,10-11,15,20H,5-6,9,12-14H2,1-4H3/t20-/m1/s1. The Hall–Kier alpha value is -2.05. The van der Waals surface area contributed by atoms with Crippen LogP contribution in [0.1, 0.15) is 72.4 Å². The Kier molecular flexibility index (Phi) is 7.19. The molecule has 6 heteroatoms. The van der Waals surface area contributed by atoms with E-state index in [9.17, 15) is 9.59 Å². The molecule has 156 valence electrons. The van der Waals surface area contributed by atoms with Crippen LogP contribution >= 0.6 is 11.3 Å². The highest BCUT2D eigenvalue weighted by atomic mass is 32.1. The van der Waals surface area contributed by atoms with E-state index < -0.39 is 0 Å². The molecule has 0 bridgehead atoms. The minimum absolute atomic E-state index is 0.0130. The first-order valence-electron chi connectivity index (χ1n) is 10.3. The number of carbonyl (C=O) groups excluding carboxylic acids is 2. The summed E-state index contributed by atoms with van der Waals surface area (Å²) in [6.07, 6.45) is 3.09. The van der Waals surface area contributed by atoms with Crippen molar-refractivity contribution in [2.24, 2.45) is 0 Å². The summed E-state index contributed by atoms with van der Waals surface area (Å²) in [4.78, 5) is 31.8. The van der Waals surface area contributed by atoms with Crippen molar-refractivity contribution in [2.75, 3.05) is 18.1 Å². The number of nitrogens with zero attached hydrogens (tertiary/aromatic N) is 2. The fourth-order valence-corrected chi connectivity index (χ4v) is 4.55. The van der Waals surface area contributed by atoms with Gasteiger partial charge in [-0.1, -0.05) is 49.4 Å². The van der Waals surface area contributed by atoms with Crippen LogP contribution < -0.4 is 4.90 Å². The average molecular weight is 415 g/mol. The summed E-state index contributed by atoms with van der Waals surface area (Å²) in [7, 11) is 0. The molecular formula is C23H30N2O3S. The molecule has 0 aliphatic carbocycles. The van der Waals surface area contributed by atoms with Gasteiger partial charge in [0, 0.05) is 20.0 Å². The Morgan fingerprint density at radius 2 is 2.00 bits per heavy atom. The predicted octanol–water partition coefficient (Wildman–Crippen LogP) is 4.92. The van der Waals surface area contributed by atoms with Gasteiger partial charge in [0.25, 0.3) is 0 Å². The van der Waals surface area contributed by atoms with Gasteiger partial charge in [0.2, 0.25) is 5.91 Å². The summed E-state index contributed by atoms with van der Waals surface area (Å²) < 4.78 is 5.75. The molecule has 0 saturated carbocycles. The number of benzene rings is 1. The van der Waals surface area contributed by atoms with Crippen LogP contribution in [0.2, 0.25) is 0 Å². The third-order valence-corrected chi connectivity index (χ3v) is 6.60. The average Bonchev–Trinajstić information content (AvgIpc) is 3.34. The first-order chi connectivity index (χ1) is 13.8. The molecule has 1 fully saturated rings. The highest BCUT2D eigenvalue weighted by molar-refractivity contribution is 7.17. The van der Waals surface area contributed by atoms with Crippen LogP contribution in [0.3, 0.4) is 0 Å². The number of hydrogen-bond acceptors (Lipinski definition) is 5. The first-order valence-corrected chi connectivity index (χ1v) is 11.2. The lowest BCUT2D eigenvalue weighted by Gasteiger charge is -2.23. The van der Waals surface area contributed by atoms with Crippen molar-refractivity contribution in [3.8, 4) is 0 Å². The Morgan fingerprint density at radius 3 is 2.55 bits per heavy atom. The van der Waals surface area contributed by atoms with Crippen molar-refractivity contribution in [1.29, 1.82) is 0 Å². The SMILES string of the molecule is CC(=O)c1sc(N(C[C@H]2CCCO2)C(=O)CCc2ccc(C(C)C)cc2)nc1C. The second kappa shape index (κ2) is 9.63. The molecule has 3 rings (SSSR count). The van der Waals surface area contributed by atoms with Gasteiger partial charge < -0.3 is 4.74 Å². The largest absolute Gasteiger partial charge is 0.376 e. The molecule has 0 N–H and O–H groups in total. The number of carbonyl (C=O) groups is 2. The van der Waals surface area contributed by atoms with Gasteiger partial charge >= 0.3 is 0 Å². The molecule has 1 aromatic carbocycles. The molecule has 2 heterocycles. The number of anilines is 1. The molecule has 1 atom stereocenters. The van der Waals surface area contributed by atoms with Crippen molar-refractivity contribution in [3.63, 3.8) is 0 Å². The molecule has 1 aliphatic heterocycles. The number of thiazole rings is 1. The monoisotopic (exact) mass is 414 g/mol. The minimum atomic E-state index is -0.0130. The van der Waals surface area contributed by atoms with E-state index in [0.29, 0.717) is 41.0 Å². The number of rotatable bonds is 8. The predicted molar refractivity (Wildman–Crippen MR) is 117 cm³/mol. The van der Waals surface area contributed by atoms with Gasteiger partial charge in [-0.2, -0.15) is 0 Å². The maximum atomic E-state index is 13.1.